The maximum Gasteiger partial charge on any atom is 0.403 e. The van der Waals surface area contributed by atoms with Gasteiger partial charge in [-0.25, -0.2) is 4.57 Å². The smallest absolute Gasteiger partial charge is 0.403 e. The van der Waals surface area contributed by atoms with Gasteiger partial charge in [0.05, 0.1) is 6.61 Å². The van der Waals surface area contributed by atoms with Crippen LogP contribution in [-0.2, 0) is 13.6 Å². The second-order valence-electron chi connectivity index (χ2n) is 4.57. The molecule has 0 aromatic rings. The van der Waals surface area contributed by atoms with Crippen LogP contribution >= 0.6 is 7.60 Å². The van der Waals surface area contributed by atoms with Crippen LogP contribution in [0.1, 0.15) is 59.3 Å². The zero-order valence-electron chi connectivity index (χ0n) is 11.8. The Bertz CT molecular complexity index is 358. The zero-order chi connectivity index (χ0) is 13.4. The summed E-state index contributed by atoms with van der Waals surface area (Å²) in [6.07, 6.45) is 8.24. The zero-order valence-corrected chi connectivity index (χ0v) is 12.7. The highest BCUT2D eigenvalue weighted by Crippen LogP contribution is 2.55. The third-order valence-electron chi connectivity index (χ3n) is 2.82. The van der Waals surface area contributed by atoms with E-state index in [0.29, 0.717) is 6.61 Å². The molecule has 1 heterocycles. The van der Waals surface area contributed by atoms with E-state index in [2.05, 4.69) is 13.8 Å². The second-order valence-corrected chi connectivity index (χ2v) is 6.35. The first-order valence-corrected chi connectivity index (χ1v) is 8.61. The van der Waals surface area contributed by atoms with Gasteiger partial charge >= 0.3 is 7.60 Å². The Balaban J connectivity index is 2.78. The summed E-state index contributed by atoms with van der Waals surface area (Å²) in [5.74, 6) is 2.52. The standard InChI is InChI=1S/C14H25O3P/c1-4-7-9-13-11-14(10-8-5-2)17-18(15,12-13)16-6-3/h11-12H,4-10H2,1-3H3. The molecule has 1 aliphatic heterocycles. The summed E-state index contributed by atoms with van der Waals surface area (Å²) >= 11 is 0. The van der Waals surface area contributed by atoms with E-state index in [1.165, 1.54) is 0 Å². The molecular weight excluding hydrogens is 247 g/mol. The molecular formula is C14H25O3P. The van der Waals surface area contributed by atoms with Gasteiger partial charge in [0, 0.05) is 12.2 Å². The van der Waals surface area contributed by atoms with Crippen molar-refractivity contribution in [1.29, 1.82) is 0 Å². The number of unbranched alkanes of at least 4 members (excludes halogenated alkanes) is 2. The summed E-state index contributed by atoms with van der Waals surface area (Å²) < 4.78 is 23.3. The quantitative estimate of drug-likeness (QED) is 0.555. The van der Waals surface area contributed by atoms with Gasteiger partial charge in [-0.2, -0.15) is 0 Å². The van der Waals surface area contributed by atoms with E-state index in [1.54, 1.807) is 5.82 Å². The minimum atomic E-state index is -3.04. The Morgan fingerprint density at radius 1 is 1.17 bits per heavy atom. The lowest BCUT2D eigenvalue weighted by atomic mass is 10.1. The monoisotopic (exact) mass is 272 g/mol. The molecule has 0 spiro atoms. The summed E-state index contributed by atoms with van der Waals surface area (Å²) in [4.78, 5) is 0. The molecule has 1 unspecified atom stereocenters. The molecule has 0 aliphatic carbocycles. The van der Waals surface area contributed by atoms with Crippen LogP contribution in [0.4, 0.5) is 0 Å². The van der Waals surface area contributed by atoms with Crippen molar-refractivity contribution in [1.82, 2.24) is 0 Å². The van der Waals surface area contributed by atoms with Crippen LogP contribution in [0.5, 0.6) is 0 Å². The molecule has 0 bridgehead atoms. The molecule has 1 rings (SSSR count). The summed E-state index contributed by atoms with van der Waals surface area (Å²) in [7, 11) is -3.04. The van der Waals surface area contributed by atoms with E-state index in [-0.39, 0.29) is 0 Å². The molecule has 104 valence electrons. The van der Waals surface area contributed by atoms with Crippen LogP contribution in [0, 0.1) is 0 Å². The molecule has 4 heteroatoms. The van der Waals surface area contributed by atoms with Gasteiger partial charge < -0.3 is 4.52 Å². The molecule has 0 radical (unpaired) electrons. The Morgan fingerprint density at radius 3 is 2.44 bits per heavy atom. The average Bonchev–Trinajstić information content (AvgIpc) is 2.33. The maximum absolute atomic E-state index is 12.4. The number of rotatable bonds is 8. The maximum atomic E-state index is 12.4. The van der Waals surface area contributed by atoms with Gasteiger partial charge in [-0.1, -0.05) is 26.7 Å². The van der Waals surface area contributed by atoms with Crippen molar-refractivity contribution < 1.29 is 13.6 Å². The molecule has 0 saturated heterocycles. The molecule has 18 heavy (non-hydrogen) atoms. The van der Waals surface area contributed by atoms with Crippen molar-refractivity contribution >= 4 is 7.60 Å². The summed E-state index contributed by atoms with van der Waals surface area (Å²) in [6, 6.07) is 0. The van der Waals surface area contributed by atoms with Crippen LogP contribution in [0.3, 0.4) is 0 Å². The molecule has 0 aromatic heterocycles. The Kier molecular flexibility index (Phi) is 6.73. The number of hydrogen-bond donors (Lipinski definition) is 0. The number of hydrogen-bond acceptors (Lipinski definition) is 3. The Hall–Kier alpha value is -0.530. The van der Waals surface area contributed by atoms with Gasteiger partial charge in [-0.05, 0) is 37.8 Å². The van der Waals surface area contributed by atoms with Crippen LogP contribution in [0.25, 0.3) is 0 Å². The van der Waals surface area contributed by atoms with E-state index in [9.17, 15) is 4.57 Å². The van der Waals surface area contributed by atoms with E-state index < -0.39 is 7.60 Å². The highest BCUT2D eigenvalue weighted by Gasteiger charge is 2.27. The first-order chi connectivity index (χ1) is 8.63. The number of allylic oxidation sites excluding steroid dienone is 3. The van der Waals surface area contributed by atoms with Crippen LogP contribution in [-0.4, -0.2) is 6.61 Å². The minimum absolute atomic E-state index is 0.413. The molecule has 0 saturated carbocycles. The van der Waals surface area contributed by atoms with Crippen molar-refractivity contribution in [2.45, 2.75) is 59.3 Å². The summed E-state index contributed by atoms with van der Waals surface area (Å²) in [5, 5.41) is 0. The molecule has 3 nitrogen and oxygen atoms in total. The van der Waals surface area contributed by atoms with Gasteiger partial charge in [-0.15, -0.1) is 0 Å². The van der Waals surface area contributed by atoms with Crippen LogP contribution in [0.15, 0.2) is 23.2 Å². The molecule has 1 atom stereocenters. The lowest BCUT2D eigenvalue weighted by molar-refractivity contribution is 0.251. The van der Waals surface area contributed by atoms with Gasteiger partial charge in [0.2, 0.25) is 0 Å². The predicted octanol–water partition coefficient (Wildman–Crippen LogP) is 5.39. The highest BCUT2D eigenvalue weighted by molar-refractivity contribution is 7.57. The molecule has 0 amide bonds. The van der Waals surface area contributed by atoms with E-state index >= 15 is 0 Å². The van der Waals surface area contributed by atoms with Crippen molar-refractivity contribution in [2.75, 3.05) is 6.61 Å². The van der Waals surface area contributed by atoms with Gasteiger partial charge in [0.25, 0.3) is 0 Å². The van der Waals surface area contributed by atoms with Crippen LogP contribution < -0.4 is 0 Å². The highest BCUT2D eigenvalue weighted by atomic mass is 31.2. The van der Waals surface area contributed by atoms with Crippen molar-refractivity contribution in [2.24, 2.45) is 0 Å². The minimum Gasteiger partial charge on any atom is -0.426 e. The fourth-order valence-electron chi connectivity index (χ4n) is 1.89. The molecule has 1 aliphatic rings. The Labute approximate surface area is 111 Å². The fourth-order valence-corrected chi connectivity index (χ4v) is 3.51. The van der Waals surface area contributed by atoms with Crippen molar-refractivity contribution in [3.63, 3.8) is 0 Å². The van der Waals surface area contributed by atoms with Gasteiger partial charge in [-0.3, -0.25) is 4.52 Å². The van der Waals surface area contributed by atoms with E-state index in [1.807, 2.05) is 13.0 Å². The third kappa shape index (κ3) is 4.99. The lowest BCUT2D eigenvalue weighted by Gasteiger charge is -2.23. The Morgan fingerprint density at radius 2 is 1.83 bits per heavy atom. The van der Waals surface area contributed by atoms with E-state index in [4.69, 9.17) is 9.05 Å². The normalized spacial score (nSPS) is 23.3. The molecule has 0 N–H and O–H groups in total. The summed E-state index contributed by atoms with van der Waals surface area (Å²) in [5.41, 5.74) is 1.10. The summed E-state index contributed by atoms with van der Waals surface area (Å²) in [6.45, 7) is 6.55. The molecule has 0 fully saturated rings. The predicted molar refractivity (Wildman–Crippen MR) is 75.5 cm³/mol. The largest absolute Gasteiger partial charge is 0.426 e. The van der Waals surface area contributed by atoms with Crippen molar-refractivity contribution in [3.05, 3.63) is 23.2 Å². The first-order valence-electron chi connectivity index (χ1n) is 6.99. The van der Waals surface area contributed by atoms with E-state index in [0.717, 1.165) is 49.9 Å². The topological polar surface area (TPSA) is 35.5 Å². The fraction of sp³-hybridized carbons (Fsp3) is 0.714. The lowest BCUT2D eigenvalue weighted by Crippen LogP contribution is -2.01. The van der Waals surface area contributed by atoms with Gasteiger partial charge in [0.15, 0.2) is 0 Å². The second kappa shape index (κ2) is 7.81. The van der Waals surface area contributed by atoms with Crippen LogP contribution in [0.2, 0.25) is 0 Å². The third-order valence-corrected chi connectivity index (χ3v) is 4.57. The first kappa shape index (κ1) is 15.5. The van der Waals surface area contributed by atoms with Gasteiger partial charge in [0.1, 0.15) is 5.76 Å². The SMILES string of the molecule is CCCCC1=CP(=O)(OCC)OC(CCCC)=C1. The molecule has 0 aromatic carbocycles. The van der Waals surface area contributed by atoms with Crippen molar-refractivity contribution in [3.8, 4) is 0 Å². The average molecular weight is 272 g/mol.